The van der Waals surface area contributed by atoms with Gasteiger partial charge in [-0.05, 0) is 31.5 Å². The van der Waals surface area contributed by atoms with Gasteiger partial charge in [0.25, 0.3) is 5.91 Å². The van der Waals surface area contributed by atoms with Crippen molar-refractivity contribution in [1.29, 1.82) is 0 Å². The maximum atomic E-state index is 12.3. The molecule has 1 aromatic rings. The van der Waals surface area contributed by atoms with Crippen molar-refractivity contribution in [2.75, 3.05) is 19.7 Å². The van der Waals surface area contributed by atoms with E-state index in [0.717, 1.165) is 0 Å². The summed E-state index contributed by atoms with van der Waals surface area (Å²) in [6.07, 6.45) is 1.53. The van der Waals surface area contributed by atoms with Crippen molar-refractivity contribution in [2.45, 2.75) is 13.8 Å². The number of hydrogen-bond donors (Lipinski definition) is 1. The van der Waals surface area contributed by atoms with Gasteiger partial charge in [0.15, 0.2) is 0 Å². The van der Waals surface area contributed by atoms with Crippen LogP contribution in [-0.2, 0) is 9.53 Å². The number of rotatable bonds is 6. The standard InChI is InChI=1S/C15H19NO4/c1-4-8-16(10-14(18)20-5-2)15(19)12-7-6-11(3)13(17)9-12/h4,6-7,9,17H,1,5,8,10H2,2-3H3. The molecule has 0 saturated heterocycles. The number of benzene rings is 1. The van der Waals surface area contributed by atoms with Crippen LogP contribution in [0.2, 0.25) is 0 Å². The van der Waals surface area contributed by atoms with Crippen molar-refractivity contribution in [3.8, 4) is 5.75 Å². The predicted molar refractivity (Wildman–Crippen MR) is 75.6 cm³/mol. The quantitative estimate of drug-likeness (QED) is 0.637. The Labute approximate surface area is 118 Å². The number of phenols is 1. The first-order valence-electron chi connectivity index (χ1n) is 6.35. The van der Waals surface area contributed by atoms with Gasteiger partial charge in [0, 0.05) is 12.1 Å². The van der Waals surface area contributed by atoms with Crippen LogP contribution in [0.25, 0.3) is 0 Å². The van der Waals surface area contributed by atoms with Gasteiger partial charge in [-0.2, -0.15) is 0 Å². The van der Waals surface area contributed by atoms with Crippen molar-refractivity contribution in [3.05, 3.63) is 42.0 Å². The molecular weight excluding hydrogens is 258 g/mol. The van der Waals surface area contributed by atoms with E-state index in [1.807, 2.05) is 0 Å². The minimum absolute atomic E-state index is 0.0468. The van der Waals surface area contributed by atoms with Gasteiger partial charge in [0.1, 0.15) is 12.3 Å². The molecule has 0 bridgehead atoms. The monoisotopic (exact) mass is 277 g/mol. The van der Waals surface area contributed by atoms with Crippen LogP contribution in [0.5, 0.6) is 5.75 Å². The Morgan fingerprint density at radius 1 is 1.45 bits per heavy atom. The van der Waals surface area contributed by atoms with E-state index in [0.29, 0.717) is 11.1 Å². The number of amides is 1. The third-order valence-corrected chi connectivity index (χ3v) is 2.72. The molecule has 0 heterocycles. The molecule has 5 heteroatoms. The number of carbonyl (C=O) groups excluding carboxylic acids is 2. The second kappa shape index (κ2) is 7.33. The largest absolute Gasteiger partial charge is 0.508 e. The Balaban J connectivity index is 2.89. The molecule has 1 amide bonds. The first-order chi connectivity index (χ1) is 9.49. The highest BCUT2D eigenvalue weighted by Gasteiger charge is 2.19. The maximum absolute atomic E-state index is 12.3. The first-order valence-corrected chi connectivity index (χ1v) is 6.35. The highest BCUT2D eigenvalue weighted by Crippen LogP contribution is 2.18. The minimum atomic E-state index is -0.473. The van der Waals surface area contributed by atoms with Gasteiger partial charge in [-0.3, -0.25) is 9.59 Å². The molecule has 1 aromatic carbocycles. The summed E-state index contributed by atoms with van der Waals surface area (Å²) in [5, 5.41) is 9.64. The zero-order valence-corrected chi connectivity index (χ0v) is 11.8. The summed E-state index contributed by atoms with van der Waals surface area (Å²) in [7, 11) is 0. The maximum Gasteiger partial charge on any atom is 0.325 e. The van der Waals surface area contributed by atoms with E-state index in [9.17, 15) is 14.7 Å². The van der Waals surface area contributed by atoms with Crippen molar-refractivity contribution >= 4 is 11.9 Å². The van der Waals surface area contributed by atoms with Crippen LogP contribution in [0.3, 0.4) is 0 Å². The van der Waals surface area contributed by atoms with Gasteiger partial charge in [-0.1, -0.05) is 12.1 Å². The van der Waals surface area contributed by atoms with Crippen LogP contribution in [0, 0.1) is 6.92 Å². The number of phenolic OH excluding ortho intramolecular Hbond substituents is 1. The predicted octanol–water partition coefficient (Wildman–Crippen LogP) is 1.89. The van der Waals surface area contributed by atoms with E-state index >= 15 is 0 Å². The Morgan fingerprint density at radius 3 is 2.70 bits per heavy atom. The fourth-order valence-electron chi connectivity index (χ4n) is 1.66. The summed E-state index contributed by atoms with van der Waals surface area (Å²) in [6.45, 7) is 7.36. The zero-order chi connectivity index (χ0) is 15.1. The van der Waals surface area contributed by atoms with E-state index < -0.39 is 5.97 Å². The lowest BCUT2D eigenvalue weighted by Gasteiger charge is -2.20. The van der Waals surface area contributed by atoms with Crippen LogP contribution in [0.15, 0.2) is 30.9 Å². The fourth-order valence-corrected chi connectivity index (χ4v) is 1.66. The molecule has 0 spiro atoms. The highest BCUT2D eigenvalue weighted by atomic mass is 16.5. The molecule has 0 aliphatic rings. The molecule has 0 aromatic heterocycles. The Hall–Kier alpha value is -2.30. The Kier molecular flexibility index (Phi) is 5.77. The summed E-state index contributed by atoms with van der Waals surface area (Å²) in [5.74, 6) is -0.780. The van der Waals surface area contributed by atoms with Crippen LogP contribution in [0.1, 0.15) is 22.8 Å². The summed E-state index contributed by atoms with van der Waals surface area (Å²) >= 11 is 0. The molecule has 1 N–H and O–H groups in total. The van der Waals surface area contributed by atoms with Gasteiger partial charge in [0.05, 0.1) is 6.61 Å². The molecule has 0 radical (unpaired) electrons. The summed E-state index contributed by atoms with van der Waals surface area (Å²) in [5.41, 5.74) is 1.00. The Bertz CT molecular complexity index is 511. The molecule has 5 nitrogen and oxygen atoms in total. The number of esters is 1. The van der Waals surface area contributed by atoms with Gasteiger partial charge in [0.2, 0.25) is 0 Å². The fraction of sp³-hybridized carbons (Fsp3) is 0.333. The number of hydrogen-bond acceptors (Lipinski definition) is 4. The normalized spacial score (nSPS) is 9.90. The first kappa shape index (κ1) is 15.8. The minimum Gasteiger partial charge on any atom is -0.508 e. The second-order valence-electron chi connectivity index (χ2n) is 4.28. The number of nitrogens with zero attached hydrogens (tertiary/aromatic N) is 1. The molecule has 0 aliphatic heterocycles. The molecule has 0 saturated carbocycles. The zero-order valence-electron chi connectivity index (χ0n) is 11.8. The summed E-state index contributed by atoms with van der Waals surface area (Å²) < 4.78 is 4.83. The van der Waals surface area contributed by atoms with E-state index in [-0.39, 0.29) is 31.4 Å². The average Bonchev–Trinajstić information content (AvgIpc) is 2.41. The molecule has 0 fully saturated rings. The van der Waals surface area contributed by atoms with E-state index in [4.69, 9.17) is 4.74 Å². The molecule has 0 atom stereocenters. The van der Waals surface area contributed by atoms with E-state index in [1.54, 1.807) is 26.0 Å². The van der Waals surface area contributed by atoms with Gasteiger partial charge < -0.3 is 14.7 Å². The number of aryl methyl sites for hydroxylation is 1. The summed E-state index contributed by atoms with van der Waals surface area (Å²) in [6, 6.07) is 4.65. The van der Waals surface area contributed by atoms with Crippen LogP contribution >= 0.6 is 0 Å². The molecule has 20 heavy (non-hydrogen) atoms. The highest BCUT2D eigenvalue weighted by molar-refractivity contribution is 5.96. The Morgan fingerprint density at radius 2 is 2.15 bits per heavy atom. The average molecular weight is 277 g/mol. The van der Waals surface area contributed by atoms with Gasteiger partial charge in [-0.25, -0.2) is 0 Å². The lowest BCUT2D eigenvalue weighted by Crippen LogP contribution is -2.36. The third kappa shape index (κ3) is 4.12. The lowest BCUT2D eigenvalue weighted by atomic mass is 10.1. The summed E-state index contributed by atoms with van der Waals surface area (Å²) in [4.78, 5) is 25.1. The number of carbonyl (C=O) groups is 2. The molecule has 108 valence electrons. The van der Waals surface area contributed by atoms with E-state index in [1.165, 1.54) is 17.0 Å². The van der Waals surface area contributed by atoms with Crippen molar-refractivity contribution < 1.29 is 19.4 Å². The molecule has 1 rings (SSSR count). The third-order valence-electron chi connectivity index (χ3n) is 2.72. The molecule has 0 unspecified atom stereocenters. The topological polar surface area (TPSA) is 66.8 Å². The smallest absolute Gasteiger partial charge is 0.325 e. The SMILES string of the molecule is C=CCN(CC(=O)OCC)C(=O)c1ccc(C)c(O)c1. The van der Waals surface area contributed by atoms with Crippen molar-refractivity contribution in [1.82, 2.24) is 4.90 Å². The van der Waals surface area contributed by atoms with Crippen LogP contribution < -0.4 is 0 Å². The molecule has 0 aliphatic carbocycles. The second-order valence-corrected chi connectivity index (χ2v) is 4.28. The van der Waals surface area contributed by atoms with Crippen molar-refractivity contribution in [2.24, 2.45) is 0 Å². The van der Waals surface area contributed by atoms with E-state index in [2.05, 4.69) is 6.58 Å². The van der Waals surface area contributed by atoms with Crippen LogP contribution in [-0.4, -0.2) is 41.6 Å². The lowest BCUT2D eigenvalue weighted by molar-refractivity contribution is -0.143. The molecular formula is C15H19NO4. The van der Waals surface area contributed by atoms with Crippen molar-refractivity contribution in [3.63, 3.8) is 0 Å². The number of aromatic hydroxyl groups is 1. The number of ether oxygens (including phenoxy) is 1. The van der Waals surface area contributed by atoms with Gasteiger partial charge >= 0.3 is 5.97 Å². The van der Waals surface area contributed by atoms with Crippen LogP contribution in [0.4, 0.5) is 0 Å². The van der Waals surface area contributed by atoms with Gasteiger partial charge in [-0.15, -0.1) is 6.58 Å².